The highest BCUT2D eigenvalue weighted by Crippen LogP contribution is 2.48. The summed E-state index contributed by atoms with van der Waals surface area (Å²) >= 11 is 17.8. The third kappa shape index (κ3) is 3.88. The van der Waals surface area contributed by atoms with Gasteiger partial charge in [-0.05, 0) is 32.4 Å². The van der Waals surface area contributed by atoms with Gasteiger partial charge >= 0.3 is 5.97 Å². The number of carboxylic acids is 1. The number of alkyl halides is 3. The number of hydrogen-bond donors (Lipinski definition) is 1. The van der Waals surface area contributed by atoms with Crippen molar-refractivity contribution < 1.29 is 14.7 Å². The van der Waals surface area contributed by atoms with Gasteiger partial charge in [0.2, 0.25) is 9.90 Å². The van der Waals surface area contributed by atoms with Crippen molar-refractivity contribution in [2.75, 3.05) is 0 Å². The maximum absolute atomic E-state index is 10.6. The maximum Gasteiger partial charge on any atom is 0.347 e. The van der Waals surface area contributed by atoms with Gasteiger partial charge in [0.25, 0.3) is 0 Å². The largest absolute Gasteiger partial charge is 0.478 e. The lowest BCUT2D eigenvalue weighted by atomic mass is 9.84. The Morgan fingerprint density at radius 3 is 2.53 bits per heavy atom. The molecule has 0 saturated heterocycles. The summed E-state index contributed by atoms with van der Waals surface area (Å²) in [6.45, 7) is 4.95. The third-order valence-electron chi connectivity index (χ3n) is 2.78. The Balaban J connectivity index is 2.90. The normalized spacial score (nSPS) is 27.1. The Morgan fingerprint density at radius 2 is 2.11 bits per heavy atom. The number of rotatable bonds is 3. The van der Waals surface area contributed by atoms with Gasteiger partial charge in [0.15, 0.2) is 0 Å². The van der Waals surface area contributed by atoms with Crippen molar-refractivity contribution in [2.45, 2.75) is 30.7 Å². The van der Waals surface area contributed by atoms with Crippen molar-refractivity contribution >= 4 is 46.5 Å². The van der Waals surface area contributed by atoms with E-state index in [2.05, 4.69) is 5.16 Å². The molecule has 1 rings (SSSR count). The number of allylic oxidation sites excluding steroid dienone is 4. The molecule has 0 bridgehead atoms. The van der Waals surface area contributed by atoms with Gasteiger partial charge in [-0.3, -0.25) is 0 Å². The van der Waals surface area contributed by atoms with E-state index < -0.39 is 21.3 Å². The monoisotopic (exact) mass is 325 g/mol. The van der Waals surface area contributed by atoms with Crippen LogP contribution in [0.3, 0.4) is 0 Å². The van der Waals surface area contributed by atoms with Crippen molar-refractivity contribution in [2.24, 2.45) is 10.6 Å². The van der Waals surface area contributed by atoms with E-state index in [9.17, 15) is 4.79 Å². The molecular weight excluding hydrogens is 312 g/mol. The van der Waals surface area contributed by atoms with Gasteiger partial charge in [-0.15, -0.1) is 0 Å². The molecule has 106 valence electrons. The number of nitrogens with zero attached hydrogens (tertiary/aromatic N) is 1. The molecular formula is C12H14Cl3NO3. The smallest absolute Gasteiger partial charge is 0.347 e. The van der Waals surface area contributed by atoms with Gasteiger partial charge in [0.1, 0.15) is 5.71 Å². The van der Waals surface area contributed by atoms with Crippen LogP contribution in [-0.4, -0.2) is 26.7 Å². The van der Waals surface area contributed by atoms with E-state index in [1.165, 1.54) is 6.92 Å². The van der Waals surface area contributed by atoms with Gasteiger partial charge < -0.3 is 9.94 Å². The lowest BCUT2D eigenvalue weighted by Crippen LogP contribution is -2.31. The number of oxime groups is 1. The fourth-order valence-electron chi connectivity index (χ4n) is 1.41. The fraction of sp³-hybridized carbons (Fsp3) is 0.500. The summed E-state index contributed by atoms with van der Waals surface area (Å²) < 4.78 is -1.48. The summed E-state index contributed by atoms with van der Waals surface area (Å²) in [7, 11) is 0. The quantitative estimate of drug-likeness (QED) is 0.635. The van der Waals surface area contributed by atoms with Crippen LogP contribution < -0.4 is 0 Å². The average Bonchev–Trinajstić information content (AvgIpc) is 2.25. The van der Waals surface area contributed by atoms with Crippen molar-refractivity contribution in [3.8, 4) is 0 Å². The highest BCUT2D eigenvalue weighted by Gasteiger charge is 2.42. The molecule has 0 radical (unpaired) electrons. The van der Waals surface area contributed by atoms with Crippen molar-refractivity contribution in [3.63, 3.8) is 0 Å². The van der Waals surface area contributed by atoms with E-state index in [1.807, 2.05) is 0 Å². The Kier molecular flexibility index (Phi) is 4.93. The molecule has 0 spiro atoms. The first-order valence-corrected chi connectivity index (χ1v) is 6.62. The number of carboxylic acid groups (broad SMARTS) is 1. The SMILES string of the molecule is CC1=C[C@](C)(C(Cl)(Cl)Cl)C=C/C1=N/O[C@@H](C)C(=O)O. The van der Waals surface area contributed by atoms with Crippen LogP contribution >= 0.6 is 34.8 Å². The number of aliphatic carboxylic acids is 1. The minimum Gasteiger partial charge on any atom is -0.478 e. The highest BCUT2D eigenvalue weighted by molar-refractivity contribution is 6.68. The second-order valence-electron chi connectivity index (χ2n) is 4.50. The molecule has 0 aliphatic heterocycles. The van der Waals surface area contributed by atoms with Crippen LogP contribution in [0.1, 0.15) is 20.8 Å². The first-order valence-electron chi connectivity index (χ1n) is 5.49. The number of carbonyl (C=O) groups is 1. The van der Waals surface area contributed by atoms with E-state index in [0.717, 1.165) is 5.57 Å². The maximum atomic E-state index is 10.6. The second kappa shape index (κ2) is 5.73. The van der Waals surface area contributed by atoms with Gasteiger partial charge in [0.05, 0.1) is 5.41 Å². The molecule has 0 aromatic rings. The van der Waals surface area contributed by atoms with Gasteiger partial charge in [-0.2, -0.15) is 0 Å². The zero-order valence-corrected chi connectivity index (χ0v) is 12.9. The minimum atomic E-state index is -1.48. The van der Waals surface area contributed by atoms with E-state index in [-0.39, 0.29) is 0 Å². The molecule has 1 aliphatic rings. The van der Waals surface area contributed by atoms with E-state index in [1.54, 1.807) is 32.1 Å². The summed E-state index contributed by atoms with van der Waals surface area (Å²) in [5, 5.41) is 12.5. The molecule has 4 nitrogen and oxygen atoms in total. The lowest BCUT2D eigenvalue weighted by molar-refractivity contribution is -0.149. The average molecular weight is 327 g/mol. The van der Waals surface area contributed by atoms with Crippen molar-refractivity contribution in [3.05, 3.63) is 23.8 Å². The van der Waals surface area contributed by atoms with Crippen LogP contribution in [0.4, 0.5) is 0 Å². The molecule has 2 atom stereocenters. The van der Waals surface area contributed by atoms with E-state index in [4.69, 9.17) is 44.7 Å². The van der Waals surface area contributed by atoms with Crippen molar-refractivity contribution in [1.29, 1.82) is 0 Å². The number of hydrogen-bond acceptors (Lipinski definition) is 3. The second-order valence-corrected chi connectivity index (χ2v) is 6.78. The van der Waals surface area contributed by atoms with Crippen LogP contribution in [0.5, 0.6) is 0 Å². The first kappa shape index (κ1) is 16.3. The molecule has 1 N–H and O–H groups in total. The zero-order valence-electron chi connectivity index (χ0n) is 10.7. The lowest BCUT2D eigenvalue weighted by Gasteiger charge is -2.33. The Labute approximate surface area is 126 Å². The fourth-order valence-corrected chi connectivity index (χ4v) is 1.77. The van der Waals surface area contributed by atoms with Crippen LogP contribution in [0, 0.1) is 5.41 Å². The first-order chi connectivity index (χ1) is 8.57. The van der Waals surface area contributed by atoms with Crippen LogP contribution in [0.15, 0.2) is 29.0 Å². The summed E-state index contributed by atoms with van der Waals surface area (Å²) in [5.41, 5.74) is 0.493. The molecule has 0 aromatic carbocycles. The molecule has 0 amide bonds. The summed E-state index contributed by atoms with van der Waals surface area (Å²) in [6, 6.07) is 0. The predicted octanol–water partition coefficient (Wildman–Crippen LogP) is 3.72. The van der Waals surface area contributed by atoms with E-state index >= 15 is 0 Å². The molecule has 7 heteroatoms. The summed E-state index contributed by atoms with van der Waals surface area (Å²) in [4.78, 5) is 15.5. The minimum absolute atomic E-state index is 0.500. The van der Waals surface area contributed by atoms with Crippen molar-refractivity contribution in [1.82, 2.24) is 0 Å². The molecule has 0 unspecified atom stereocenters. The van der Waals surface area contributed by atoms with Crippen LogP contribution in [0.25, 0.3) is 0 Å². The standard InChI is InChI=1S/C12H14Cl3NO3/c1-7-6-11(3,12(13,14)15)5-4-9(7)16-19-8(2)10(17)18/h4-6,8H,1-3H3,(H,17,18)/b16-9-/t8-,11+/m0/s1. The van der Waals surface area contributed by atoms with Gasteiger partial charge in [-0.1, -0.05) is 52.1 Å². The summed E-state index contributed by atoms with van der Waals surface area (Å²) in [5.74, 6) is -1.09. The van der Waals surface area contributed by atoms with Crippen LogP contribution in [0.2, 0.25) is 0 Å². The topological polar surface area (TPSA) is 58.9 Å². The molecule has 0 fully saturated rings. The Hall–Kier alpha value is -0.710. The van der Waals surface area contributed by atoms with E-state index in [0.29, 0.717) is 5.71 Å². The third-order valence-corrected chi connectivity index (χ3v) is 4.00. The van der Waals surface area contributed by atoms with Crippen LogP contribution in [-0.2, 0) is 9.63 Å². The molecule has 1 aliphatic carbocycles. The highest BCUT2D eigenvalue weighted by atomic mass is 35.6. The molecule has 0 aromatic heterocycles. The van der Waals surface area contributed by atoms with Gasteiger partial charge in [-0.25, -0.2) is 4.79 Å². The predicted molar refractivity (Wildman–Crippen MR) is 76.9 cm³/mol. The molecule has 0 heterocycles. The Bertz CT molecular complexity index is 465. The molecule has 19 heavy (non-hydrogen) atoms. The summed E-state index contributed by atoms with van der Waals surface area (Å²) in [6.07, 6.45) is 4.08. The Morgan fingerprint density at radius 1 is 1.53 bits per heavy atom. The van der Waals surface area contributed by atoms with Gasteiger partial charge in [0, 0.05) is 0 Å². The number of halogens is 3. The zero-order chi connectivity index (χ0) is 14.8. The molecule has 0 saturated carbocycles.